The third-order valence-corrected chi connectivity index (χ3v) is 5.34. The molecule has 9 heteroatoms. The molecule has 0 bridgehead atoms. The molecule has 3 aliphatic rings. The van der Waals surface area contributed by atoms with Gasteiger partial charge in [0.1, 0.15) is 18.0 Å². The van der Waals surface area contributed by atoms with Gasteiger partial charge >= 0.3 is 5.97 Å². The average Bonchev–Trinajstić information content (AvgIpc) is 3.24. The van der Waals surface area contributed by atoms with Crippen LogP contribution in [0.3, 0.4) is 0 Å². The van der Waals surface area contributed by atoms with Crippen LogP contribution in [-0.2, 0) is 34.0 Å². The van der Waals surface area contributed by atoms with Crippen molar-refractivity contribution in [2.45, 2.75) is 31.7 Å². The van der Waals surface area contributed by atoms with E-state index in [2.05, 4.69) is 24.6 Å². The summed E-state index contributed by atoms with van der Waals surface area (Å²) in [4.78, 5) is 16.1. The number of hydrogen-bond acceptors (Lipinski definition) is 7. The zero-order valence-corrected chi connectivity index (χ0v) is 13.7. The highest BCUT2D eigenvalue weighted by molar-refractivity contribution is 5.79. The number of hydrogen-bond donors (Lipinski definition) is 1. The molecule has 1 aromatic rings. The minimum atomic E-state index is -0.836. The molecule has 0 amide bonds. The molecule has 1 atom stereocenters. The van der Waals surface area contributed by atoms with E-state index < -0.39 is 11.5 Å². The topological polar surface area (TPSA) is 93.0 Å². The number of rotatable bonds is 4. The Kier molecular flexibility index (Phi) is 4.25. The minimum Gasteiger partial charge on any atom is -0.480 e. The molecule has 24 heavy (non-hydrogen) atoms. The first-order chi connectivity index (χ1) is 11.7. The summed E-state index contributed by atoms with van der Waals surface area (Å²) in [5.74, 6) is 1.10. The summed E-state index contributed by atoms with van der Waals surface area (Å²) in [5.41, 5.74) is -0.836. The van der Waals surface area contributed by atoms with Gasteiger partial charge in [0, 0.05) is 45.8 Å². The second-order valence-electron chi connectivity index (χ2n) is 6.64. The van der Waals surface area contributed by atoms with Crippen LogP contribution in [0.4, 0.5) is 0 Å². The Morgan fingerprint density at radius 1 is 1.12 bits per heavy atom. The SMILES string of the molecule is O=C(O)C1(N2CCN(Cc3nnc4n3CCOC4)CC2)CCOC1. The van der Waals surface area contributed by atoms with Crippen molar-refractivity contribution in [2.75, 3.05) is 46.0 Å². The van der Waals surface area contributed by atoms with Gasteiger partial charge in [0.15, 0.2) is 5.82 Å². The predicted octanol–water partition coefficient (Wildman–Crippen LogP) is -0.830. The van der Waals surface area contributed by atoms with E-state index in [0.717, 1.165) is 50.9 Å². The monoisotopic (exact) mass is 337 g/mol. The van der Waals surface area contributed by atoms with Crippen LogP contribution < -0.4 is 0 Å². The summed E-state index contributed by atoms with van der Waals surface area (Å²) in [5, 5.41) is 18.1. The number of nitrogens with zero attached hydrogens (tertiary/aromatic N) is 5. The zero-order valence-electron chi connectivity index (χ0n) is 13.7. The normalized spacial score (nSPS) is 28.8. The van der Waals surface area contributed by atoms with Crippen molar-refractivity contribution in [3.63, 3.8) is 0 Å². The van der Waals surface area contributed by atoms with E-state index in [9.17, 15) is 9.90 Å². The third-order valence-electron chi connectivity index (χ3n) is 5.34. The molecule has 1 unspecified atom stereocenters. The van der Waals surface area contributed by atoms with Crippen molar-refractivity contribution >= 4 is 5.97 Å². The summed E-state index contributed by atoms with van der Waals surface area (Å²) in [6.45, 7) is 6.73. The van der Waals surface area contributed by atoms with Crippen LogP contribution in [0.1, 0.15) is 18.1 Å². The number of ether oxygens (including phenoxy) is 2. The van der Waals surface area contributed by atoms with Crippen molar-refractivity contribution in [1.82, 2.24) is 24.6 Å². The number of fused-ring (bicyclic) bond motifs is 1. The van der Waals surface area contributed by atoms with Crippen molar-refractivity contribution in [1.29, 1.82) is 0 Å². The van der Waals surface area contributed by atoms with Gasteiger partial charge in [0.2, 0.25) is 0 Å². The van der Waals surface area contributed by atoms with Crippen LogP contribution in [0, 0.1) is 0 Å². The van der Waals surface area contributed by atoms with Crippen LogP contribution in [0.2, 0.25) is 0 Å². The lowest BCUT2D eigenvalue weighted by molar-refractivity contribution is -0.153. The Labute approximate surface area is 140 Å². The minimum absolute atomic E-state index is 0.292. The second kappa shape index (κ2) is 6.40. The van der Waals surface area contributed by atoms with Gasteiger partial charge in [0.25, 0.3) is 0 Å². The highest BCUT2D eigenvalue weighted by Gasteiger charge is 2.48. The Bertz CT molecular complexity index is 605. The first kappa shape index (κ1) is 15.9. The largest absolute Gasteiger partial charge is 0.480 e. The Morgan fingerprint density at radius 2 is 1.96 bits per heavy atom. The Hall–Kier alpha value is -1.55. The predicted molar refractivity (Wildman–Crippen MR) is 82.3 cm³/mol. The van der Waals surface area contributed by atoms with Gasteiger partial charge in [-0.25, -0.2) is 0 Å². The first-order valence-corrected chi connectivity index (χ1v) is 8.46. The van der Waals surface area contributed by atoms with E-state index >= 15 is 0 Å². The summed E-state index contributed by atoms with van der Waals surface area (Å²) in [6, 6.07) is 0. The first-order valence-electron chi connectivity index (χ1n) is 8.46. The van der Waals surface area contributed by atoms with Gasteiger partial charge in [0.05, 0.1) is 19.8 Å². The summed E-state index contributed by atoms with van der Waals surface area (Å²) in [6.07, 6.45) is 0.569. The van der Waals surface area contributed by atoms with Gasteiger partial charge in [-0.15, -0.1) is 10.2 Å². The molecular formula is C15H23N5O4. The Morgan fingerprint density at radius 3 is 2.67 bits per heavy atom. The fraction of sp³-hybridized carbons (Fsp3) is 0.800. The number of aliphatic carboxylic acids is 1. The van der Waals surface area contributed by atoms with Crippen LogP contribution in [-0.4, -0.2) is 87.2 Å². The number of carboxylic acid groups (broad SMARTS) is 1. The lowest BCUT2D eigenvalue weighted by Gasteiger charge is -2.42. The molecule has 132 valence electrons. The fourth-order valence-electron chi connectivity index (χ4n) is 3.82. The van der Waals surface area contributed by atoms with Gasteiger partial charge in [-0.2, -0.15) is 0 Å². The summed E-state index contributed by atoms with van der Waals surface area (Å²) >= 11 is 0. The lowest BCUT2D eigenvalue weighted by Crippen LogP contribution is -2.61. The van der Waals surface area contributed by atoms with E-state index in [1.807, 2.05) is 0 Å². The average molecular weight is 337 g/mol. The smallest absolute Gasteiger partial charge is 0.326 e. The van der Waals surface area contributed by atoms with Crippen molar-refractivity contribution in [3.8, 4) is 0 Å². The van der Waals surface area contributed by atoms with E-state index in [1.54, 1.807) is 0 Å². The molecule has 0 saturated carbocycles. The zero-order chi connectivity index (χ0) is 16.6. The van der Waals surface area contributed by atoms with Gasteiger partial charge < -0.3 is 19.1 Å². The maximum absolute atomic E-state index is 11.8. The quantitative estimate of drug-likeness (QED) is 0.761. The second-order valence-corrected chi connectivity index (χ2v) is 6.64. The van der Waals surface area contributed by atoms with Crippen LogP contribution in [0.5, 0.6) is 0 Å². The molecule has 2 fully saturated rings. The molecule has 0 aliphatic carbocycles. The van der Waals surface area contributed by atoms with Crippen molar-refractivity contribution in [3.05, 3.63) is 11.6 Å². The third kappa shape index (κ3) is 2.71. The number of piperazine rings is 1. The Balaban J connectivity index is 1.38. The summed E-state index contributed by atoms with van der Waals surface area (Å²) in [7, 11) is 0. The molecule has 1 N–H and O–H groups in total. The van der Waals surface area contributed by atoms with E-state index in [0.29, 0.717) is 32.8 Å². The highest BCUT2D eigenvalue weighted by Crippen LogP contribution is 2.28. The van der Waals surface area contributed by atoms with Gasteiger partial charge in [-0.05, 0) is 0 Å². The molecular weight excluding hydrogens is 314 g/mol. The molecule has 4 heterocycles. The molecule has 1 aromatic heterocycles. The molecule has 3 aliphatic heterocycles. The van der Waals surface area contributed by atoms with E-state index in [1.165, 1.54) is 0 Å². The van der Waals surface area contributed by atoms with E-state index in [4.69, 9.17) is 9.47 Å². The van der Waals surface area contributed by atoms with Crippen LogP contribution in [0.25, 0.3) is 0 Å². The molecule has 0 radical (unpaired) electrons. The van der Waals surface area contributed by atoms with Crippen molar-refractivity contribution < 1.29 is 19.4 Å². The van der Waals surface area contributed by atoms with Gasteiger partial charge in [-0.1, -0.05) is 0 Å². The maximum Gasteiger partial charge on any atom is 0.326 e. The molecule has 0 spiro atoms. The molecule has 0 aromatic carbocycles. The molecule has 9 nitrogen and oxygen atoms in total. The fourth-order valence-corrected chi connectivity index (χ4v) is 3.82. The van der Waals surface area contributed by atoms with E-state index in [-0.39, 0.29) is 0 Å². The standard InChI is InChI=1S/C15H23N5O4/c21-14(22)15(1-7-24-11-15)19-4-2-18(3-5-19)9-12-16-17-13-10-23-8-6-20(12)13/h1-11H2,(H,21,22). The van der Waals surface area contributed by atoms with Crippen LogP contribution in [0.15, 0.2) is 0 Å². The summed E-state index contributed by atoms with van der Waals surface area (Å²) < 4.78 is 12.9. The number of carbonyl (C=O) groups is 1. The molecule has 2 saturated heterocycles. The highest BCUT2D eigenvalue weighted by atomic mass is 16.5. The maximum atomic E-state index is 11.8. The number of aromatic nitrogens is 3. The van der Waals surface area contributed by atoms with Crippen molar-refractivity contribution in [2.24, 2.45) is 0 Å². The number of carboxylic acids is 1. The molecule has 4 rings (SSSR count). The van der Waals surface area contributed by atoms with Crippen LogP contribution >= 0.6 is 0 Å². The van der Waals surface area contributed by atoms with Gasteiger partial charge in [-0.3, -0.25) is 14.6 Å². The lowest BCUT2D eigenvalue weighted by atomic mass is 9.95.